The maximum Gasteiger partial charge on any atom is 0.255 e. The molecule has 232 valence electrons. The second kappa shape index (κ2) is 13.8. The Hall–Kier alpha value is -3.66. The molecule has 0 bridgehead atoms. The molecule has 45 heavy (non-hydrogen) atoms. The number of halogens is 2. The molecule has 0 spiro atoms. The first-order valence-electron chi connectivity index (χ1n) is 15.1. The lowest BCUT2D eigenvalue weighted by Gasteiger charge is -2.40. The number of carbonyl (C=O) groups excluding carboxylic acids is 2. The van der Waals surface area contributed by atoms with E-state index in [0.717, 1.165) is 40.7 Å². The normalized spacial score (nSPS) is 15.2. The summed E-state index contributed by atoms with van der Waals surface area (Å²) >= 11 is 13.8. The van der Waals surface area contributed by atoms with Gasteiger partial charge in [0.1, 0.15) is 5.52 Å². The second-order valence-corrected chi connectivity index (χ2v) is 13.4. The molecule has 1 aliphatic heterocycles. The van der Waals surface area contributed by atoms with Gasteiger partial charge in [-0.3, -0.25) is 9.59 Å². The predicted molar refractivity (Wildman–Crippen MR) is 181 cm³/mol. The van der Waals surface area contributed by atoms with Gasteiger partial charge in [-0.15, -0.1) is 10.2 Å². The van der Waals surface area contributed by atoms with Crippen LogP contribution in [0.2, 0.25) is 10.0 Å². The standard InChI is InChI=1S/C34H34Cl2N6O2S/c1-22-8-7-9-24(18-22)21-42-29-11-4-3-10-27(29)31-32(42)37-34(39-38-31)45-17-6-5-12-30(43)40-15-16-41(23(2)20-40)33(44)26-14-13-25(35)19-28(26)36/h3-4,7-11,13-14,18-19,23H,5-6,12,15-17,20-21H2,1-2H3. The minimum absolute atomic E-state index is 0.112. The first kappa shape index (κ1) is 31.3. The van der Waals surface area contributed by atoms with Crippen LogP contribution >= 0.6 is 35.0 Å². The lowest BCUT2D eigenvalue weighted by atomic mass is 10.1. The van der Waals surface area contributed by atoms with Gasteiger partial charge in [0.05, 0.1) is 16.1 Å². The predicted octanol–water partition coefficient (Wildman–Crippen LogP) is 7.28. The van der Waals surface area contributed by atoms with Crippen molar-refractivity contribution in [3.05, 3.63) is 93.5 Å². The molecule has 3 heterocycles. The van der Waals surface area contributed by atoms with Gasteiger partial charge in [0.25, 0.3) is 5.91 Å². The van der Waals surface area contributed by atoms with E-state index in [1.165, 1.54) is 11.1 Å². The number of piperazine rings is 1. The Morgan fingerprint density at radius 3 is 2.62 bits per heavy atom. The van der Waals surface area contributed by atoms with E-state index in [1.54, 1.807) is 34.9 Å². The van der Waals surface area contributed by atoms with Crippen LogP contribution in [0.5, 0.6) is 0 Å². The molecular weight excluding hydrogens is 627 g/mol. The Balaban J connectivity index is 1.02. The van der Waals surface area contributed by atoms with Gasteiger partial charge < -0.3 is 14.4 Å². The van der Waals surface area contributed by atoms with Crippen molar-refractivity contribution in [2.75, 3.05) is 25.4 Å². The Bertz CT molecular complexity index is 1880. The number of amides is 2. The van der Waals surface area contributed by atoms with Crippen LogP contribution in [0.3, 0.4) is 0 Å². The fourth-order valence-corrected chi connectivity index (χ4v) is 7.18. The summed E-state index contributed by atoms with van der Waals surface area (Å²) < 4.78 is 2.22. The summed E-state index contributed by atoms with van der Waals surface area (Å²) in [5.74, 6) is 0.765. The highest BCUT2D eigenvalue weighted by Gasteiger charge is 2.31. The number of fused-ring (bicyclic) bond motifs is 3. The van der Waals surface area contributed by atoms with E-state index in [2.05, 4.69) is 58.1 Å². The van der Waals surface area contributed by atoms with Crippen LogP contribution in [0.4, 0.5) is 0 Å². The first-order chi connectivity index (χ1) is 21.8. The summed E-state index contributed by atoms with van der Waals surface area (Å²) in [4.78, 5) is 34.7. The molecule has 8 nitrogen and oxygen atoms in total. The van der Waals surface area contributed by atoms with E-state index in [0.29, 0.717) is 53.4 Å². The molecule has 2 aromatic heterocycles. The number of hydrogen-bond donors (Lipinski definition) is 0. The van der Waals surface area contributed by atoms with Crippen molar-refractivity contribution in [1.29, 1.82) is 0 Å². The number of nitrogens with zero attached hydrogens (tertiary/aromatic N) is 6. The molecule has 1 atom stereocenters. The number of hydrogen-bond acceptors (Lipinski definition) is 6. The van der Waals surface area contributed by atoms with Crippen LogP contribution in [-0.4, -0.2) is 72.8 Å². The van der Waals surface area contributed by atoms with Gasteiger partial charge in [0.15, 0.2) is 5.65 Å². The minimum Gasteiger partial charge on any atom is -0.339 e. The number of rotatable bonds is 9. The topological polar surface area (TPSA) is 84.2 Å². The first-order valence-corrected chi connectivity index (χ1v) is 16.9. The smallest absolute Gasteiger partial charge is 0.255 e. The highest BCUT2D eigenvalue weighted by molar-refractivity contribution is 7.99. The molecule has 0 radical (unpaired) electrons. The van der Waals surface area contributed by atoms with Crippen molar-refractivity contribution >= 4 is 68.8 Å². The van der Waals surface area contributed by atoms with Crippen LogP contribution in [-0.2, 0) is 11.3 Å². The highest BCUT2D eigenvalue weighted by atomic mass is 35.5. The Labute approximate surface area is 276 Å². The van der Waals surface area contributed by atoms with E-state index in [1.807, 2.05) is 24.0 Å². The van der Waals surface area contributed by atoms with Gasteiger partial charge >= 0.3 is 0 Å². The van der Waals surface area contributed by atoms with Crippen LogP contribution in [0.1, 0.15) is 47.7 Å². The van der Waals surface area contributed by atoms with Gasteiger partial charge in [-0.05, 0) is 56.5 Å². The molecule has 3 aromatic carbocycles. The van der Waals surface area contributed by atoms with Gasteiger partial charge in [0, 0.05) is 54.8 Å². The SMILES string of the molecule is Cc1cccc(Cn2c3ccccc3c3nnc(SCCCCC(=O)N4CCN(C(=O)c5ccc(Cl)cc5Cl)C(C)C4)nc32)c1. The van der Waals surface area contributed by atoms with E-state index in [9.17, 15) is 9.59 Å². The monoisotopic (exact) mass is 660 g/mol. The van der Waals surface area contributed by atoms with Gasteiger partial charge in [-0.2, -0.15) is 0 Å². The molecule has 2 amide bonds. The van der Waals surface area contributed by atoms with Crippen LogP contribution < -0.4 is 0 Å². The zero-order valence-corrected chi connectivity index (χ0v) is 27.6. The van der Waals surface area contributed by atoms with Crippen molar-refractivity contribution in [3.8, 4) is 0 Å². The number of aryl methyl sites for hydroxylation is 1. The summed E-state index contributed by atoms with van der Waals surface area (Å²) in [6, 6.07) is 21.5. The Morgan fingerprint density at radius 1 is 0.978 bits per heavy atom. The zero-order chi connectivity index (χ0) is 31.5. The maximum absolute atomic E-state index is 13.1. The van der Waals surface area contributed by atoms with E-state index in [4.69, 9.17) is 28.2 Å². The molecule has 1 aliphatic rings. The minimum atomic E-state index is -0.140. The number of thioether (sulfide) groups is 1. The van der Waals surface area contributed by atoms with Crippen LogP contribution in [0.25, 0.3) is 22.1 Å². The number of aromatic nitrogens is 4. The summed E-state index contributed by atoms with van der Waals surface area (Å²) in [7, 11) is 0. The highest BCUT2D eigenvalue weighted by Crippen LogP contribution is 2.29. The average molecular weight is 662 g/mol. The third-order valence-electron chi connectivity index (χ3n) is 8.20. The van der Waals surface area contributed by atoms with Crippen molar-refractivity contribution < 1.29 is 9.59 Å². The van der Waals surface area contributed by atoms with Crippen LogP contribution in [0.15, 0.2) is 71.9 Å². The lowest BCUT2D eigenvalue weighted by molar-refractivity contribution is -0.133. The molecule has 11 heteroatoms. The lowest BCUT2D eigenvalue weighted by Crippen LogP contribution is -2.55. The fourth-order valence-electron chi connectivity index (χ4n) is 5.91. The molecular formula is C34H34Cl2N6O2S. The van der Waals surface area contributed by atoms with Crippen molar-refractivity contribution in [3.63, 3.8) is 0 Å². The van der Waals surface area contributed by atoms with E-state index >= 15 is 0 Å². The molecule has 5 aromatic rings. The Kier molecular flexibility index (Phi) is 9.58. The molecule has 0 N–H and O–H groups in total. The summed E-state index contributed by atoms with van der Waals surface area (Å²) in [6.45, 7) is 6.24. The van der Waals surface area contributed by atoms with Gasteiger partial charge in [-0.25, -0.2) is 4.98 Å². The van der Waals surface area contributed by atoms with E-state index in [-0.39, 0.29) is 17.9 Å². The quantitative estimate of drug-likeness (QED) is 0.122. The van der Waals surface area contributed by atoms with Crippen molar-refractivity contribution in [2.24, 2.45) is 0 Å². The number of benzene rings is 3. The third kappa shape index (κ3) is 6.95. The van der Waals surface area contributed by atoms with Gasteiger partial charge in [-0.1, -0.05) is 83.0 Å². The summed E-state index contributed by atoms with van der Waals surface area (Å²) in [6.07, 6.45) is 2.09. The van der Waals surface area contributed by atoms with Crippen molar-refractivity contribution in [1.82, 2.24) is 29.5 Å². The number of para-hydroxylation sites is 1. The molecule has 0 aliphatic carbocycles. The largest absolute Gasteiger partial charge is 0.339 e. The Morgan fingerprint density at radius 2 is 1.82 bits per heavy atom. The zero-order valence-electron chi connectivity index (χ0n) is 25.2. The fraction of sp³-hybridized carbons (Fsp3) is 0.324. The molecule has 6 rings (SSSR count). The van der Waals surface area contributed by atoms with E-state index < -0.39 is 0 Å². The average Bonchev–Trinajstić information content (AvgIpc) is 3.33. The molecule has 1 fully saturated rings. The number of carbonyl (C=O) groups is 2. The second-order valence-electron chi connectivity index (χ2n) is 11.5. The third-order valence-corrected chi connectivity index (χ3v) is 9.67. The molecule has 1 unspecified atom stereocenters. The van der Waals surface area contributed by atoms with Crippen molar-refractivity contribution in [2.45, 2.75) is 50.9 Å². The number of unbranched alkanes of at least 4 members (excludes halogenated alkanes) is 1. The summed E-state index contributed by atoms with van der Waals surface area (Å²) in [5, 5.41) is 11.5. The summed E-state index contributed by atoms with van der Waals surface area (Å²) in [5.41, 5.74) is 5.59. The van der Waals surface area contributed by atoms with Crippen LogP contribution in [0, 0.1) is 6.92 Å². The molecule has 0 saturated carbocycles. The maximum atomic E-state index is 13.1. The van der Waals surface area contributed by atoms with Gasteiger partial charge in [0.2, 0.25) is 11.1 Å². The molecule has 1 saturated heterocycles.